The van der Waals surface area contributed by atoms with E-state index in [2.05, 4.69) is 5.32 Å². The van der Waals surface area contributed by atoms with Gasteiger partial charge in [-0.3, -0.25) is 9.59 Å². The molecular weight excluding hydrogens is 413 g/mol. The van der Waals surface area contributed by atoms with E-state index in [1.165, 1.54) is 25.3 Å². The van der Waals surface area contributed by atoms with E-state index in [0.717, 1.165) is 23.4 Å². The Balaban J connectivity index is 1.32. The number of hydrogen-bond acceptors (Lipinski definition) is 4. The number of hydrogen-bond donors (Lipinski definition) is 1. The molecule has 166 valence electrons. The predicted octanol–water partition coefficient (Wildman–Crippen LogP) is 3.61. The number of piperidine rings is 1. The number of carbonyl (C=O) groups is 3. The average molecular weight is 437 g/mol. The molecule has 8 heteroatoms. The second-order valence-electron chi connectivity index (χ2n) is 7.82. The van der Waals surface area contributed by atoms with Gasteiger partial charge in [0.1, 0.15) is 0 Å². The zero-order valence-corrected chi connectivity index (χ0v) is 17.7. The lowest BCUT2D eigenvalue weighted by molar-refractivity contribution is -0.127. The molecule has 4 rings (SSSR count). The highest BCUT2D eigenvalue weighted by Crippen LogP contribution is 2.27. The van der Waals surface area contributed by atoms with Crippen molar-refractivity contribution in [3.63, 3.8) is 0 Å². The standard InChI is InChI=1S/C24H24FN3O4/c1-32-22-8-6-16(14-19(22)25)21(29)7-9-23(30)27-12-10-18(11-13-27)28-15-17-4-2-3-5-20(17)26-24(28)31/h2-9,14,18H,10-13,15H2,1H3,(H,26,31). The molecule has 1 saturated heterocycles. The molecule has 0 unspecified atom stereocenters. The van der Waals surface area contributed by atoms with Crippen molar-refractivity contribution in [2.24, 2.45) is 0 Å². The molecule has 3 amide bonds. The van der Waals surface area contributed by atoms with Gasteiger partial charge in [-0.2, -0.15) is 0 Å². The summed E-state index contributed by atoms with van der Waals surface area (Å²) in [6, 6.07) is 11.6. The maximum Gasteiger partial charge on any atom is 0.322 e. The van der Waals surface area contributed by atoms with Crippen LogP contribution < -0.4 is 10.1 Å². The van der Waals surface area contributed by atoms with E-state index in [9.17, 15) is 18.8 Å². The van der Waals surface area contributed by atoms with Crippen LogP contribution in [-0.4, -0.2) is 53.8 Å². The number of anilines is 1. The Labute approximate surface area is 185 Å². The van der Waals surface area contributed by atoms with Crippen LogP contribution in [0.15, 0.2) is 54.6 Å². The van der Waals surface area contributed by atoms with Crippen LogP contribution in [0.1, 0.15) is 28.8 Å². The lowest BCUT2D eigenvalue weighted by atomic mass is 10.0. The molecule has 7 nitrogen and oxygen atoms in total. The van der Waals surface area contributed by atoms with E-state index >= 15 is 0 Å². The third-order valence-electron chi connectivity index (χ3n) is 5.89. The number of amides is 3. The van der Waals surface area contributed by atoms with Crippen LogP contribution in [-0.2, 0) is 11.3 Å². The number of methoxy groups -OCH3 is 1. The molecule has 0 aromatic heterocycles. The van der Waals surface area contributed by atoms with Gasteiger partial charge < -0.3 is 19.9 Å². The first-order chi connectivity index (χ1) is 15.5. The minimum absolute atomic E-state index is 0.0419. The summed E-state index contributed by atoms with van der Waals surface area (Å²) in [4.78, 5) is 40.8. The number of ether oxygens (including phenoxy) is 1. The van der Waals surface area contributed by atoms with Crippen molar-refractivity contribution in [2.45, 2.75) is 25.4 Å². The Morgan fingerprint density at radius 3 is 2.59 bits per heavy atom. The van der Waals surface area contributed by atoms with Crippen LogP contribution in [0.2, 0.25) is 0 Å². The number of allylic oxidation sites excluding steroid dienone is 1. The molecule has 2 aliphatic rings. The molecule has 0 bridgehead atoms. The van der Waals surface area contributed by atoms with Gasteiger partial charge in [0.05, 0.1) is 7.11 Å². The van der Waals surface area contributed by atoms with E-state index in [-0.39, 0.29) is 29.3 Å². The molecule has 0 radical (unpaired) electrons. The number of rotatable bonds is 5. The van der Waals surface area contributed by atoms with Crippen molar-refractivity contribution < 1.29 is 23.5 Å². The largest absolute Gasteiger partial charge is 0.494 e. The molecule has 32 heavy (non-hydrogen) atoms. The topological polar surface area (TPSA) is 79.0 Å². The lowest BCUT2D eigenvalue weighted by Crippen LogP contribution is -2.50. The van der Waals surface area contributed by atoms with Crippen LogP contribution in [0, 0.1) is 5.82 Å². The molecule has 2 aromatic carbocycles. The van der Waals surface area contributed by atoms with Crippen LogP contribution in [0.25, 0.3) is 0 Å². The molecular formula is C24H24FN3O4. The molecule has 0 saturated carbocycles. The van der Waals surface area contributed by atoms with Crippen molar-refractivity contribution in [1.82, 2.24) is 9.80 Å². The Kier molecular flexibility index (Phi) is 6.20. The third kappa shape index (κ3) is 4.49. The third-order valence-corrected chi connectivity index (χ3v) is 5.89. The maximum atomic E-state index is 13.8. The quantitative estimate of drug-likeness (QED) is 0.573. The highest BCUT2D eigenvalue weighted by molar-refractivity contribution is 6.07. The fourth-order valence-corrected chi connectivity index (χ4v) is 4.08. The van der Waals surface area contributed by atoms with Gasteiger partial charge in [0, 0.05) is 43.0 Å². The molecule has 2 aliphatic heterocycles. The zero-order valence-electron chi connectivity index (χ0n) is 17.7. The lowest BCUT2D eigenvalue weighted by Gasteiger charge is -2.40. The number of nitrogens with zero attached hydrogens (tertiary/aromatic N) is 2. The van der Waals surface area contributed by atoms with Crippen molar-refractivity contribution >= 4 is 23.4 Å². The zero-order chi connectivity index (χ0) is 22.7. The fourth-order valence-electron chi connectivity index (χ4n) is 4.08. The van der Waals surface area contributed by atoms with E-state index in [0.29, 0.717) is 32.5 Å². The normalized spacial score (nSPS) is 16.6. The number of carbonyl (C=O) groups excluding carboxylic acids is 3. The van der Waals surface area contributed by atoms with Crippen molar-refractivity contribution in [2.75, 3.05) is 25.5 Å². The minimum Gasteiger partial charge on any atom is -0.494 e. The molecule has 1 fully saturated rings. The minimum atomic E-state index is -0.635. The summed E-state index contributed by atoms with van der Waals surface area (Å²) in [5.41, 5.74) is 2.05. The van der Waals surface area contributed by atoms with E-state index in [1.54, 1.807) is 4.90 Å². The van der Waals surface area contributed by atoms with Crippen LogP contribution in [0.4, 0.5) is 14.9 Å². The van der Waals surface area contributed by atoms with Gasteiger partial charge in [-0.1, -0.05) is 18.2 Å². The first kappa shape index (κ1) is 21.5. The van der Waals surface area contributed by atoms with Gasteiger partial charge in [-0.15, -0.1) is 0 Å². The maximum absolute atomic E-state index is 13.8. The molecule has 0 spiro atoms. The first-order valence-electron chi connectivity index (χ1n) is 10.5. The van der Waals surface area contributed by atoms with Crippen LogP contribution >= 0.6 is 0 Å². The Morgan fingerprint density at radius 2 is 1.88 bits per heavy atom. The van der Waals surface area contributed by atoms with Gasteiger partial charge >= 0.3 is 6.03 Å². The number of likely N-dealkylation sites (tertiary alicyclic amines) is 1. The van der Waals surface area contributed by atoms with Gasteiger partial charge in [-0.25, -0.2) is 9.18 Å². The van der Waals surface area contributed by atoms with E-state index in [1.807, 2.05) is 29.2 Å². The molecule has 0 atom stereocenters. The predicted molar refractivity (Wildman–Crippen MR) is 117 cm³/mol. The summed E-state index contributed by atoms with van der Waals surface area (Å²) in [7, 11) is 1.35. The molecule has 2 heterocycles. The second-order valence-corrected chi connectivity index (χ2v) is 7.82. The monoisotopic (exact) mass is 437 g/mol. The molecule has 2 aromatic rings. The van der Waals surface area contributed by atoms with Crippen molar-refractivity contribution in [3.8, 4) is 5.75 Å². The number of halogens is 1. The number of fused-ring (bicyclic) bond motifs is 1. The smallest absolute Gasteiger partial charge is 0.322 e. The number of para-hydroxylation sites is 1. The van der Waals surface area contributed by atoms with Gasteiger partial charge in [0.25, 0.3) is 0 Å². The van der Waals surface area contributed by atoms with Gasteiger partial charge in [0.2, 0.25) is 5.91 Å². The summed E-state index contributed by atoms with van der Waals surface area (Å²) >= 11 is 0. The highest BCUT2D eigenvalue weighted by atomic mass is 19.1. The Hall–Kier alpha value is -3.68. The first-order valence-corrected chi connectivity index (χ1v) is 10.5. The summed E-state index contributed by atoms with van der Waals surface area (Å²) in [5.74, 6) is -1.32. The van der Waals surface area contributed by atoms with Crippen molar-refractivity contribution in [3.05, 3.63) is 71.6 Å². The SMILES string of the molecule is COc1ccc(C(=O)C=CC(=O)N2CCC(N3Cc4ccccc4NC3=O)CC2)cc1F. The summed E-state index contributed by atoms with van der Waals surface area (Å²) in [6.45, 7) is 1.53. The number of benzene rings is 2. The second kappa shape index (κ2) is 9.21. The highest BCUT2D eigenvalue weighted by Gasteiger charge is 2.32. The summed E-state index contributed by atoms with van der Waals surface area (Å²) in [6.07, 6.45) is 3.69. The van der Waals surface area contributed by atoms with Gasteiger partial charge in [-0.05, 0) is 48.7 Å². The fraction of sp³-hybridized carbons (Fsp3) is 0.292. The molecule has 0 aliphatic carbocycles. The summed E-state index contributed by atoms with van der Waals surface area (Å²) in [5, 5.41) is 2.92. The number of urea groups is 1. The number of ketones is 1. The van der Waals surface area contributed by atoms with E-state index in [4.69, 9.17) is 4.74 Å². The summed E-state index contributed by atoms with van der Waals surface area (Å²) < 4.78 is 18.6. The Morgan fingerprint density at radius 1 is 1.12 bits per heavy atom. The average Bonchev–Trinajstić information content (AvgIpc) is 2.82. The number of nitrogens with one attached hydrogen (secondary N) is 1. The van der Waals surface area contributed by atoms with Crippen molar-refractivity contribution in [1.29, 1.82) is 0 Å². The molecule has 1 N–H and O–H groups in total. The van der Waals surface area contributed by atoms with Crippen LogP contribution in [0.3, 0.4) is 0 Å². The Bertz CT molecular complexity index is 1080. The van der Waals surface area contributed by atoms with Crippen LogP contribution in [0.5, 0.6) is 5.75 Å². The van der Waals surface area contributed by atoms with Gasteiger partial charge in [0.15, 0.2) is 17.3 Å². The van der Waals surface area contributed by atoms with E-state index < -0.39 is 11.6 Å².